The van der Waals surface area contributed by atoms with Crippen LogP contribution in [0.3, 0.4) is 0 Å². The van der Waals surface area contributed by atoms with Crippen molar-refractivity contribution in [1.82, 2.24) is 5.32 Å². The van der Waals surface area contributed by atoms with Crippen LogP contribution in [0.4, 0.5) is 0 Å². The number of halogens is 3. The fraction of sp³-hybridized carbons (Fsp3) is 0.538. The van der Waals surface area contributed by atoms with Crippen molar-refractivity contribution in [3.05, 3.63) is 32.8 Å². The summed E-state index contributed by atoms with van der Waals surface area (Å²) in [5.41, 5.74) is 0.880. The quantitative estimate of drug-likeness (QED) is 0.794. The van der Waals surface area contributed by atoms with Crippen LogP contribution >= 0.6 is 34.8 Å². The highest BCUT2D eigenvalue weighted by Crippen LogP contribution is 2.35. The number of benzene rings is 1. The van der Waals surface area contributed by atoms with Gasteiger partial charge in [-0.3, -0.25) is 0 Å². The SMILES string of the molecule is CC(N[C@H](CO)C(C)C)c1ccc(Cl)c(Cl)c1Cl. The summed E-state index contributed by atoms with van der Waals surface area (Å²) in [5.74, 6) is 0.332. The van der Waals surface area contributed by atoms with Crippen LogP contribution < -0.4 is 5.32 Å². The second kappa shape index (κ2) is 6.97. The second-order valence-electron chi connectivity index (χ2n) is 4.69. The van der Waals surface area contributed by atoms with E-state index in [1.54, 1.807) is 6.07 Å². The van der Waals surface area contributed by atoms with Crippen LogP contribution in [0.15, 0.2) is 12.1 Å². The first kappa shape index (κ1) is 16.1. The summed E-state index contributed by atoms with van der Waals surface area (Å²) in [6, 6.07) is 3.59. The van der Waals surface area contributed by atoms with Gasteiger partial charge in [-0.1, -0.05) is 54.7 Å². The lowest BCUT2D eigenvalue weighted by atomic mass is 10.0. The topological polar surface area (TPSA) is 32.3 Å². The molecule has 1 aromatic rings. The highest BCUT2D eigenvalue weighted by atomic mass is 35.5. The van der Waals surface area contributed by atoms with Gasteiger partial charge in [-0.05, 0) is 24.5 Å². The molecule has 18 heavy (non-hydrogen) atoms. The zero-order valence-corrected chi connectivity index (χ0v) is 12.9. The summed E-state index contributed by atoms with van der Waals surface area (Å²) in [6.07, 6.45) is 0. The molecule has 1 aromatic carbocycles. The van der Waals surface area contributed by atoms with Gasteiger partial charge >= 0.3 is 0 Å². The number of aliphatic hydroxyl groups excluding tert-OH is 1. The van der Waals surface area contributed by atoms with Gasteiger partial charge in [0.2, 0.25) is 0 Å². The predicted molar refractivity (Wildman–Crippen MR) is 78.7 cm³/mol. The van der Waals surface area contributed by atoms with Gasteiger partial charge in [-0.15, -0.1) is 0 Å². The Labute approximate surface area is 123 Å². The van der Waals surface area contributed by atoms with Crippen LogP contribution in [0.5, 0.6) is 0 Å². The molecule has 0 aliphatic carbocycles. The first-order valence-electron chi connectivity index (χ1n) is 5.88. The maximum Gasteiger partial charge on any atom is 0.0781 e. The Hall–Kier alpha value is 0.01000. The van der Waals surface area contributed by atoms with Gasteiger partial charge < -0.3 is 10.4 Å². The van der Waals surface area contributed by atoms with Crippen molar-refractivity contribution in [3.63, 3.8) is 0 Å². The molecule has 5 heteroatoms. The largest absolute Gasteiger partial charge is 0.395 e. The van der Waals surface area contributed by atoms with E-state index in [0.29, 0.717) is 21.0 Å². The third kappa shape index (κ3) is 3.75. The number of rotatable bonds is 5. The average molecular weight is 311 g/mol. The van der Waals surface area contributed by atoms with E-state index in [-0.39, 0.29) is 18.7 Å². The van der Waals surface area contributed by atoms with Gasteiger partial charge in [0.05, 0.1) is 21.7 Å². The fourth-order valence-corrected chi connectivity index (χ4v) is 2.45. The second-order valence-corrected chi connectivity index (χ2v) is 5.85. The van der Waals surface area contributed by atoms with Crippen molar-refractivity contribution in [2.24, 2.45) is 5.92 Å². The van der Waals surface area contributed by atoms with Crippen molar-refractivity contribution in [1.29, 1.82) is 0 Å². The van der Waals surface area contributed by atoms with Crippen LogP contribution in [0.2, 0.25) is 15.1 Å². The fourth-order valence-electron chi connectivity index (χ4n) is 1.74. The average Bonchev–Trinajstić information content (AvgIpc) is 2.32. The summed E-state index contributed by atoms with van der Waals surface area (Å²) in [7, 11) is 0. The van der Waals surface area contributed by atoms with Crippen molar-refractivity contribution in [2.45, 2.75) is 32.9 Å². The van der Waals surface area contributed by atoms with Crippen LogP contribution in [-0.4, -0.2) is 17.8 Å². The van der Waals surface area contributed by atoms with Crippen LogP contribution in [0, 0.1) is 5.92 Å². The molecular formula is C13H18Cl3NO. The Bertz CT molecular complexity index is 409. The summed E-state index contributed by atoms with van der Waals surface area (Å²) < 4.78 is 0. The Morgan fingerprint density at radius 2 is 1.72 bits per heavy atom. The lowest BCUT2D eigenvalue weighted by Gasteiger charge is -2.25. The summed E-state index contributed by atoms with van der Waals surface area (Å²) in [5, 5.41) is 13.9. The maximum atomic E-state index is 9.32. The molecule has 0 spiro atoms. The Balaban J connectivity index is 2.91. The minimum atomic E-state index is -0.00758. The zero-order chi connectivity index (χ0) is 13.9. The summed E-state index contributed by atoms with van der Waals surface area (Å²) in [6.45, 7) is 6.17. The lowest BCUT2D eigenvalue weighted by molar-refractivity contribution is 0.201. The summed E-state index contributed by atoms with van der Waals surface area (Å²) >= 11 is 18.1. The molecule has 0 radical (unpaired) electrons. The molecule has 0 bridgehead atoms. The number of nitrogens with one attached hydrogen (secondary N) is 1. The van der Waals surface area contributed by atoms with Crippen molar-refractivity contribution in [2.75, 3.05) is 6.61 Å². The third-order valence-electron chi connectivity index (χ3n) is 3.00. The molecule has 0 heterocycles. The molecule has 102 valence electrons. The van der Waals surface area contributed by atoms with E-state index in [2.05, 4.69) is 19.2 Å². The molecule has 0 aromatic heterocycles. The van der Waals surface area contributed by atoms with E-state index >= 15 is 0 Å². The molecule has 0 saturated heterocycles. The van der Waals surface area contributed by atoms with Gasteiger partial charge in [-0.2, -0.15) is 0 Å². The first-order chi connectivity index (χ1) is 8.38. The van der Waals surface area contributed by atoms with Crippen molar-refractivity contribution >= 4 is 34.8 Å². The number of aliphatic hydroxyl groups is 1. The molecule has 0 amide bonds. The standard InChI is InChI=1S/C13H18Cl3NO/c1-7(2)11(6-18)17-8(3)9-4-5-10(14)13(16)12(9)15/h4-5,7-8,11,17-18H,6H2,1-3H3/t8?,11-/m1/s1. The molecule has 0 aliphatic heterocycles. The zero-order valence-electron chi connectivity index (χ0n) is 10.7. The molecule has 1 rings (SSSR count). The Kier molecular flexibility index (Phi) is 6.22. The molecular weight excluding hydrogens is 293 g/mol. The molecule has 2 nitrogen and oxygen atoms in total. The van der Waals surface area contributed by atoms with Gasteiger partial charge in [0.15, 0.2) is 0 Å². The van der Waals surface area contributed by atoms with Crippen LogP contribution in [0.25, 0.3) is 0 Å². The van der Waals surface area contributed by atoms with E-state index in [4.69, 9.17) is 34.8 Å². The molecule has 0 aliphatic rings. The molecule has 1 unspecified atom stereocenters. The van der Waals surface area contributed by atoms with Gasteiger partial charge in [-0.25, -0.2) is 0 Å². The monoisotopic (exact) mass is 309 g/mol. The number of hydrogen-bond acceptors (Lipinski definition) is 2. The van der Waals surface area contributed by atoms with Crippen LogP contribution in [-0.2, 0) is 0 Å². The van der Waals surface area contributed by atoms with Gasteiger partial charge in [0, 0.05) is 12.1 Å². The highest BCUT2D eigenvalue weighted by molar-refractivity contribution is 6.48. The van der Waals surface area contributed by atoms with Crippen molar-refractivity contribution < 1.29 is 5.11 Å². The summed E-state index contributed by atoms with van der Waals surface area (Å²) in [4.78, 5) is 0. The molecule has 2 N–H and O–H groups in total. The lowest BCUT2D eigenvalue weighted by Crippen LogP contribution is -2.38. The van der Waals surface area contributed by atoms with E-state index in [1.807, 2.05) is 13.0 Å². The highest BCUT2D eigenvalue weighted by Gasteiger charge is 2.19. The van der Waals surface area contributed by atoms with E-state index in [0.717, 1.165) is 5.56 Å². The Morgan fingerprint density at radius 1 is 1.11 bits per heavy atom. The first-order valence-corrected chi connectivity index (χ1v) is 7.02. The molecule has 2 atom stereocenters. The normalized spacial score (nSPS) is 14.9. The van der Waals surface area contributed by atoms with Crippen molar-refractivity contribution in [3.8, 4) is 0 Å². The molecule has 0 fully saturated rings. The van der Waals surface area contributed by atoms with Gasteiger partial charge in [0.25, 0.3) is 0 Å². The van der Waals surface area contributed by atoms with E-state index in [9.17, 15) is 5.11 Å². The smallest absolute Gasteiger partial charge is 0.0781 e. The minimum Gasteiger partial charge on any atom is -0.395 e. The molecule has 0 saturated carbocycles. The minimum absolute atomic E-state index is 0.00758. The van der Waals surface area contributed by atoms with Crippen LogP contribution in [0.1, 0.15) is 32.4 Å². The number of hydrogen-bond donors (Lipinski definition) is 2. The van der Waals surface area contributed by atoms with E-state index < -0.39 is 0 Å². The van der Waals surface area contributed by atoms with E-state index in [1.165, 1.54) is 0 Å². The maximum absolute atomic E-state index is 9.32. The Morgan fingerprint density at radius 3 is 2.22 bits per heavy atom. The predicted octanol–water partition coefficient (Wildman–Crippen LogP) is 4.31. The third-order valence-corrected chi connectivity index (χ3v) is 4.31. The van der Waals surface area contributed by atoms with Gasteiger partial charge in [0.1, 0.15) is 0 Å².